The third kappa shape index (κ3) is 2.09. The third-order valence-corrected chi connectivity index (χ3v) is 11.9. The molecule has 9 nitrogen and oxygen atoms in total. The van der Waals surface area contributed by atoms with Crippen molar-refractivity contribution in [3.63, 3.8) is 0 Å². The van der Waals surface area contributed by atoms with Gasteiger partial charge < -0.3 is 33.9 Å². The number of carbonyl (C=O) groups is 1. The van der Waals surface area contributed by atoms with Crippen LogP contribution >= 0.6 is 0 Å². The van der Waals surface area contributed by atoms with Crippen molar-refractivity contribution in [1.29, 1.82) is 0 Å². The van der Waals surface area contributed by atoms with Crippen molar-refractivity contribution in [3.05, 3.63) is 0 Å². The van der Waals surface area contributed by atoms with Crippen LogP contribution < -0.4 is 0 Å². The van der Waals surface area contributed by atoms with E-state index in [-0.39, 0.29) is 48.3 Å². The summed E-state index contributed by atoms with van der Waals surface area (Å²) in [7, 11) is 3.40. The number of piperidine rings is 1. The molecule has 5 saturated carbocycles. The zero-order chi connectivity index (χ0) is 24.8. The van der Waals surface area contributed by atoms with Crippen LogP contribution in [0.4, 0.5) is 0 Å². The Kier molecular flexibility index (Phi) is 4.52. The quantitative estimate of drug-likeness (QED) is 0.547. The second kappa shape index (κ2) is 6.79. The molecule has 7 aliphatic rings. The van der Waals surface area contributed by atoms with E-state index >= 15 is 0 Å². The number of aliphatic hydroxyl groups is 2. The van der Waals surface area contributed by atoms with Gasteiger partial charge in [-0.05, 0) is 31.2 Å². The lowest BCUT2D eigenvalue weighted by Crippen LogP contribution is -2.85. The van der Waals surface area contributed by atoms with Crippen LogP contribution in [0.5, 0.6) is 0 Å². The van der Waals surface area contributed by atoms with Gasteiger partial charge in [0, 0.05) is 51.9 Å². The topological polar surface area (TPSA) is 107 Å². The summed E-state index contributed by atoms with van der Waals surface area (Å²) in [5.41, 5.74) is -4.30. The van der Waals surface area contributed by atoms with Crippen LogP contribution in [0.25, 0.3) is 0 Å². The summed E-state index contributed by atoms with van der Waals surface area (Å²) in [4.78, 5) is 15.1. The Morgan fingerprint density at radius 3 is 2.60 bits per heavy atom. The average molecular weight is 494 g/mol. The Balaban J connectivity index is 1.62. The maximum absolute atomic E-state index is 13.3. The lowest BCUT2D eigenvalue weighted by Gasteiger charge is -2.71. The summed E-state index contributed by atoms with van der Waals surface area (Å²) in [6.07, 6.45) is 0.473. The Labute approximate surface area is 206 Å². The molecule has 0 aromatic heterocycles. The number of ether oxygens (including phenoxy) is 5. The second-order valence-electron chi connectivity index (χ2n) is 12.7. The number of rotatable bonds is 4. The number of nitrogens with zero attached hydrogens (tertiary/aromatic N) is 1. The first-order valence-corrected chi connectivity index (χ1v) is 13.3. The fourth-order valence-corrected chi connectivity index (χ4v) is 11.5. The molecule has 2 aliphatic heterocycles. The minimum atomic E-state index is -1.24. The van der Waals surface area contributed by atoms with Crippen LogP contribution in [0, 0.1) is 28.6 Å². The summed E-state index contributed by atoms with van der Waals surface area (Å²) >= 11 is 0. The van der Waals surface area contributed by atoms with Gasteiger partial charge >= 0.3 is 5.97 Å². The molecule has 3 spiro atoms. The van der Waals surface area contributed by atoms with Crippen molar-refractivity contribution in [2.45, 2.75) is 93.7 Å². The summed E-state index contributed by atoms with van der Waals surface area (Å²) < 4.78 is 32.1. The fourth-order valence-electron chi connectivity index (χ4n) is 11.5. The molecule has 7 fully saturated rings. The maximum Gasteiger partial charge on any atom is 0.303 e. The molecule has 0 unspecified atom stereocenters. The molecule has 7 rings (SSSR count). The van der Waals surface area contributed by atoms with Gasteiger partial charge in [0.2, 0.25) is 0 Å². The van der Waals surface area contributed by atoms with Crippen LogP contribution in [-0.2, 0) is 28.5 Å². The molecule has 35 heavy (non-hydrogen) atoms. The average Bonchev–Trinajstić information content (AvgIpc) is 3.36. The molecule has 13 atom stereocenters. The van der Waals surface area contributed by atoms with Crippen LogP contribution in [0.2, 0.25) is 0 Å². The van der Waals surface area contributed by atoms with Crippen molar-refractivity contribution < 1.29 is 38.7 Å². The van der Waals surface area contributed by atoms with Crippen molar-refractivity contribution in [1.82, 2.24) is 4.90 Å². The number of hydrogen-bond donors (Lipinski definition) is 2. The number of esters is 1. The van der Waals surface area contributed by atoms with Crippen LogP contribution in [0.3, 0.4) is 0 Å². The molecule has 7 bridgehead atoms. The van der Waals surface area contributed by atoms with E-state index in [2.05, 4.69) is 18.7 Å². The van der Waals surface area contributed by atoms with E-state index in [0.29, 0.717) is 12.8 Å². The molecule has 2 heterocycles. The molecule has 9 heteroatoms. The third-order valence-electron chi connectivity index (χ3n) is 11.9. The zero-order valence-corrected chi connectivity index (χ0v) is 21.4. The predicted octanol–water partition coefficient (Wildman–Crippen LogP) is 0.696. The summed E-state index contributed by atoms with van der Waals surface area (Å²) in [5.74, 6) is -1.16. The standard InChI is InChI=1S/C26H39NO8/c1-6-27-11-22(3)8-7-16(31-4)25-19(22)20(35-13(2)28)26(21(25)27)24(33-12-34-26)10-15(29)14-9-23(25,30)18(24)17(14)32-5/h14-21,29-30H,6-12H2,1-5H3/t14-,15+,16+,17+,18+,19-,20+,21+,22+,23+,24-,25-,26+/m1/s1. The van der Waals surface area contributed by atoms with E-state index in [0.717, 1.165) is 25.9 Å². The normalized spacial score (nSPS) is 61.6. The molecule has 2 saturated heterocycles. The Morgan fingerprint density at radius 1 is 1.17 bits per heavy atom. The van der Waals surface area contributed by atoms with Gasteiger partial charge in [0.25, 0.3) is 0 Å². The van der Waals surface area contributed by atoms with Crippen molar-refractivity contribution >= 4 is 5.97 Å². The number of fused-ring (bicyclic) bond motifs is 1. The van der Waals surface area contributed by atoms with Gasteiger partial charge in [-0.3, -0.25) is 9.69 Å². The number of hydrogen-bond acceptors (Lipinski definition) is 9. The minimum Gasteiger partial charge on any atom is -0.459 e. The van der Waals surface area contributed by atoms with Crippen LogP contribution in [0.15, 0.2) is 0 Å². The zero-order valence-electron chi connectivity index (χ0n) is 21.4. The Morgan fingerprint density at radius 2 is 1.94 bits per heavy atom. The number of methoxy groups -OCH3 is 2. The van der Waals surface area contributed by atoms with Gasteiger partial charge in [-0.15, -0.1) is 0 Å². The van der Waals surface area contributed by atoms with Crippen molar-refractivity contribution in [2.24, 2.45) is 28.6 Å². The molecular weight excluding hydrogens is 454 g/mol. The lowest BCUT2D eigenvalue weighted by atomic mass is 9.41. The number of aliphatic hydroxyl groups excluding tert-OH is 1. The molecule has 5 aliphatic carbocycles. The molecule has 2 N–H and O–H groups in total. The number of likely N-dealkylation sites (tertiary alicyclic amines) is 1. The minimum absolute atomic E-state index is 0.0311. The van der Waals surface area contributed by atoms with Gasteiger partial charge in [-0.2, -0.15) is 0 Å². The summed E-state index contributed by atoms with van der Waals surface area (Å²) in [6, 6.07) is -0.280. The maximum atomic E-state index is 13.3. The van der Waals surface area contributed by atoms with Crippen molar-refractivity contribution in [3.8, 4) is 0 Å². The Hall–Kier alpha value is -0.810. The number of carbonyl (C=O) groups excluding carboxylic acids is 1. The first-order chi connectivity index (χ1) is 16.6. The molecule has 0 aromatic rings. The van der Waals surface area contributed by atoms with E-state index in [4.69, 9.17) is 23.7 Å². The Bertz CT molecular complexity index is 964. The highest BCUT2D eigenvalue weighted by atomic mass is 16.7. The van der Waals surface area contributed by atoms with Gasteiger partial charge in [0.15, 0.2) is 5.60 Å². The molecule has 196 valence electrons. The predicted molar refractivity (Wildman–Crippen MR) is 121 cm³/mol. The van der Waals surface area contributed by atoms with E-state index in [9.17, 15) is 15.0 Å². The van der Waals surface area contributed by atoms with Crippen molar-refractivity contribution in [2.75, 3.05) is 34.1 Å². The highest BCUT2D eigenvalue weighted by Gasteiger charge is 2.97. The van der Waals surface area contributed by atoms with Gasteiger partial charge in [-0.25, -0.2) is 0 Å². The SMILES string of the molecule is CCN1C[C@]2(C)CC[C@H](OC)[C@]34[C@@H]2[C@H](OC(C)=O)[C@]2(OCO[C@@]25C[C@H](O)[C@H]2C[C@]3(O)[C@@H]5[C@H]2OC)[C@@H]14. The second-order valence-corrected chi connectivity index (χ2v) is 12.7. The highest BCUT2D eigenvalue weighted by Crippen LogP contribution is 2.83. The first kappa shape index (κ1) is 23.3. The van der Waals surface area contributed by atoms with Crippen LogP contribution in [0.1, 0.15) is 46.5 Å². The largest absolute Gasteiger partial charge is 0.459 e. The molecule has 0 radical (unpaired) electrons. The fraction of sp³-hybridized carbons (Fsp3) is 0.962. The summed E-state index contributed by atoms with van der Waals surface area (Å²) in [5, 5.41) is 24.7. The first-order valence-electron chi connectivity index (χ1n) is 13.3. The monoisotopic (exact) mass is 493 g/mol. The smallest absolute Gasteiger partial charge is 0.303 e. The lowest BCUT2D eigenvalue weighted by molar-refractivity contribution is -0.332. The van der Waals surface area contributed by atoms with E-state index in [1.165, 1.54) is 6.92 Å². The highest BCUT2D eigenvalue weighted by molar-refractivity contribution is 5.67. The van der Waals surface area contributed by atoms with E-state index < -0.39 is 40.3 Å². The van der Waals surface area contributed by atoms with E-state index in [1.54, 1.807) is 14.2 Å². The van der Waals surface area contributed by atoms with E-state index in [1.807, 2.05) is 0 Å². The molecular formula is C26H39NO8. The van der Waals surface area contributed by atoms with Gasteiger partial charge in [0.05, 0.1) is 35.4 Å². The molecule has 0 amide bonds. The molecule has 0 aromatic carbocycles. The van der Waals surface area contributed by atoms with Gasteiger partial charge in [-0.1, -0.05) is 13.8 Å². The number of likely N-dealkylation sites (N-methyl/N-ethyl adjacent to an activating group) is 1. The summed E-state index contributed by atoms with van der Waals surface area (Å²) in [6.45, 7) is 7.51. The van der Waals surface area contributed by atoms with Gasteiger partial charge in [0.1, 0.15) is 18.5 Å². The van der Waals surface area contributed by atoms with Crippen LogP contribution in [-0.4, -0.2) is 102 Å².